The number of hydrogen-bond donors (Lipinski definition) is 0. The van der Waals surface area contributed by atoms with Crippen LogP contribution < -0.4 is 17.3 Å². The number of halogens is 7. The molecular weight excluding hydrogens is 723 g/mol. The first-order chi connectivity index (χ1) is 10.9. The van der Waals surface area contributed by atoms with Gasteiger partial charge in [-0.15, -0.1) is 0 Å². The number of anilines is 1. The van der Waals surface area contributed by atoms with Crippen LogP contribution in [0.4, 0.5) is 11.4 Å². The van der Waals surface area contributed by atoms with E-state index < -0.39 is 0 Å². The van der Waals surface area contributed by atoms with Crippen molar-refractivity contribution in [1.29, 1.82) is 0 Å². The molecule has 2 nitrogen and oxygen atoms in total. The Bertz CT molecular complexity index is 778. The third-order valence-corrected chi connectivity index (χ3v) is 6.73. The maximum atomic E-state index is 3.66. The number of benzene rings is 2. The van der Waals surface area contributed by atoms with E-state index in [-0.39, 0.29) is 12.4 Å². The molecule has 0 saturated carbocycles. The van der Waals surface area contributed by atoms with E-state index in [1.807, 2.05) is 0 Å². The zero-order valence-corrected chi connectivity index (χ0v) is 22.1. The van der Waals surface area contributed by atoms with Crippen LogP contribution in [0.2, 0.25) is 0 Å². The van der Waals surface area contributed by atoms with Crippen LogP contribution in [0, 0.1) is 0 Å². The molecule has 0 aromatic heterocycles. The average Bonchev–Trinajstić information content (AvgIpc) is 2.85. The maximum absolute atomic E-state index is 3.66. The second-order valence-corrected chi connectivity index (χ2v) is 10.2. The summed E-state index contributed by atoms with van der Waals surface area (Å²) in [6, 6.07) is 8.23. The van der Waals surface area contributed by atoms with E-state index in [1.165, 1.54) is 0 Å². The Labute approximate surface area is 197 Å². The summed E-state index contributed by atoms with van der Waals surface area (Å²) in [6.07, 6.45) is 2.14. The highest BCUT2D eigenvalue weighted by Crippen LogP contribution is 2.40. The highest BCUT2D eigenvalue weighted by Gasteiger charge is 2.28. The highest BCUT2D eigenvalue weighted by atomic mass is 79.9. The normalized spacial score (nSPS) is 13.8. The molecule has 2 aromatic rings. The van der Waals surface area contributed by atoms with Gasteiger partial charge in [0.1, 0.15) is 13.1 Å². The standard InChI is InChI=1S/C15H9Br6N2.ClH/c16-8-3-10(18)14(11(19)4-8)22-1-2-23(7-22)15-12(20)5-9(17)6-13(15)21;/h3-7H,1-2H2;1H/q+1;/p-1. The van der Waals surface area contributed by atoms with Crippen molar-refractivity contribution in [3.05, 3.63) is 51.1 Å². The van der Waals surface area contributed by atoms with Crippen LogP contribution in [-0.2, 0) is 0 Å². The lowest BCUT2D eigenvalue weighted by atomic mass is 10.3. The van der Waals surface area contributed by atoms with Gasteiger partial charge in [-0.1, -0.05) is 31.9 Å². The molecule has 0 N–H and O–H groups in total. The van der Waals surface area contributed by atoms with Crippen LogP contribution in [0.15, 0.2) is 51.1 Å². The van der Waals surface area contributed by atoms with Gasteiger partial charge in [-0.25, -0.2) is 9.48 Å². The van der Waals surface area contributed by atoms with Crippen molar-refractivity contribution < 1.29 is 17.0 Å². The molecule has 0 bridgehead atoms. The first kappa shape index (κ1) is 21.4. The molecule has 0 saturated heterocycles. The van der Waals surface area contributed by atoms with Gasteiger partial charge in [-0.2, -0.15) is 0 Å². The van der Waals surface area contributed by atoms with Crippen LogP contribution in [0.1, 0.15) is 0 Å². The monoisotopic (exact) mass is 726 g/mol. The third kappa shape index (κ3) is 4.49. The van der Waals surface area contributed by atoms with Gasteiger partial charge >= 0.3 is 0 Å². The fourth-order valence-electron chi connectivity index (χ4n) is 2.46. The molecule has 1 heterocycles. The van der Waals surface area contributed by atoms with Crippen LogP contribution in [0.5, 0.6) is 0 Å². The molecule has 24 heavy (non-hydrogen) atoms. The molecule has 1 aliphatic heterocycles. The van der Waals surface area contributed by atoms with Gasteiger partial charge in [-0.05, 0) is 88.0 Å². The highest BCUT2D eigenvalue weighted by molar-refractivity contribution is 9.12. The summed E-state index contributed by atoms with van der Waals surface area (Å²) in [5.74, 6) is 0. The molecule has 3 rings (SSSR count). The molecular formula is C15H9Br6ClN2. The lowest BCUT2D eigenvalue weighted by Gasteiger charge is -2.11. The van der Waals surface area contributed by atoms with Gasteiger partial charge < -0.3 is 12.4 Å². The lowest BCUT2D eigenvalue weighted by Crippen LogP contribution is -3.00. The molecule has 128 valence electrons. The lowest BCUT2D eigenvalue weighted by molar-refractivity contribution is -0.425. The molecule has 2 aromatic carbocycles. The van der Waals surface area contributed by atoms with Crippen molar-refractivity contribution in [2.75, 3.05) is 18.0 Å². The predicted molar refractivity (Wildman–Crippen MR) is 117 cm³/mol. The van der Waals surface area contributed by atoms with Crippen molar-refractivity contribution in [2.24, 2.45) is 0 Å². The molecule has 1 aliphatic rings. The largest absolute Gasteiger partial charge is 1.00 e. The molecule has 0 spiro atoms. The SMILES string of the molecule is Brc1cc(Br)c(N2C=[N+](c3c(Br)cc(Br)cc3Br)CC2)c(Br)c1.[Cl-]. The van der Waals surface area contributed by atoms with E-state index in [1.54, 1.807) is 0 Å². The molecule has 0 fully saturated rings. The second-order valence-electron chi connectivity index (χ2n) is 4.94. The van der Waals surface area contributed by atoms with E-state index in [4.69, 9.17) is 0 Å². The Morgan fingerprint density at radius 1 is 0.750 bits per heavy atom. The third-order valence-electron chi connectivity index (χ3n) is 3.40. The Morgan fingerprint density at radius 2 is 1.21 bits per heavy atom. The van der Waals surface area contributed by atoms with Gasteiger partial charge in [0, 0.05) is 8.95 Å². The van der Waals surface area contributed by atoms with Gasteiger partial charge in [0.25, 0.3) is 0 Å². The number of rotatable bonds is 2. The summed E-state index contributed by atoms with van der Waals surface area (Å²) in [7, 11) is 0. The van der Waals surface area contributed by atoms with Crippen LogP contribution in [-0.4, -0.2) is 24.0 Å². The Balaban J connectivity index is 0.00000208. The minimum absolute atomic E-state index is 0. The summed E-state index contributed by atoms with van der Waals surface area (Å²) in [4.78, 5) is 2.24. The summed E-state index contributed by atoms with van der Waals surface area (Å²) in [6.45, 7) is 1.82. The molecule has 0 radical (unpaired) electrons. The van der Waals surface area contributed by atoms with Crippen molar-refractivity contribution in [1.82, 2.24) is 0 Å². The van der Waals surface area contributed by atoms with E-state index >= 15 is 0 Å². The van der Waals surface area contributed by atoms with E-state index in [2.05, 4.69) is 136 Å². The van der Waals surface area contributed by atoms with Gasteiger partial charge in [0.05, 0.1) is 17.9 Å². The van der Waals surface area contributed by atoms with Crippen molar-refractivity contribution in [3.8, 4) is 0 Å². The maximum Gasteiger partial charge on any atom is 0.244 e. The van der Waals surface area contributed by atoms with Crippen molar-refractivity contribution >= 4 is 113 Å². The average molecular weight is 732 g/mol. The zero-order valence-electron chi connectivity index (χ0n) is 11.8. The first-order valence-corrected chi connectivity index (χ1v) is 11.3. The minimum atomic E-state index is 0. The summed E-state index contributed by atoms with van der Waals surface area (Å²) < 4.78 is 8.50. The first-order valence-electron chi connectivity index (χ1n) is 6.54. The van der Waals surface area contributed by atoms with Crippen LogP contribution in [0.3, 0.4) is 0 Å². The Kier molecular flexibility index (Phi) is 7.88. The van der Waals surface area contributed by atoms with Gasteiger partial charge in [0.2, 0.25) is 6.34 Å². The molecule has 0 aliphatic carbocycles. The topological polar surface area (TPSA) is 6.25 Å². The van der Waals surface area contributed by atoms with E-state index in [9.17, 15) is 0 Å². The van der Waals surface area contributed by atoms with Crippen molar-refractivity contribution in [3.63, 3.8) is 0 Å². The van der Waals surface area contributed by atoms with E-state index in [0.717, 1.165) is 51.3 Å². The molecule has 0 amide bonds. The summed E-state index contributed by atoms with van der Waals surface area (Å²) in [5, 5.41) is 0. The molecule has 0 atom stereocenters. The smallest absolute Gasteiger partial charge is 0.244 e. The molecule has 0 unspecified atom stereocenters. The minimum Gasteiger partial charge on any atom is -1.00 e. The quantitative estimate of drug-likeness (QED) is 0.414. The predicted octanol–water partition coefficient (Wildman–Crippen LogP) is 4.46. The van der Waals surface area contributed by atoms with E-state index in [0.29, 0.717) is 0 Å². The number of hydrogen-bond acceptors (Lipinski definition) is 1. The fraction of sp³-hybridized carbons (Fsp3) is 0.133. The summed E-state index contributed by atoms with van der Waals surface area (Å²) in [5.41, 5.74) is 2.25. The van der Waals surface area contributed by atoms with Crippen molar-refractivity contribution in [2.45, 2.75) is 0 Å². The van der Waals surface area contributed by atoms with Gasteiger partial charge in [0.15, 0.2) is 11.4 Å². The molecule has 9 heteroatoms. The fourth-order valence-corrected chi connectivity index (χ4v) is 7.88. The Hall–Kier alpha value is 1.08. The number of nitrogens with zero attached hydrogens (tertiary/aromatic N) is 2. The van der Waals surface area contributed by atoms with Crippen LogP contribution >= 0.6 is 95.6 Å². The second kappa shape index (κ2) is 8.85. The summed E-state index contributed by atoms with van der Waals surface area (Å²) >= 11 is 21.7. The van der Waals surface area contributed by atoms with Gasteiger partial charge in [-0.3, -0.25) is 0 Å². The Morgan fingerprint density at radius 3 is 1.71 bits per heavy atom. The van der Waals surface area contributed by atoms with Crippen LogP contribution in [0.25, 0.3) is 0 Å². The zero-order chi connectivity index (χ0) is 16.7.